The summed E-state index contributed by atoms with van der Waals surface area (Å²) in [5, 5.41) is 0. The summed E-state index contributed by atoms with van der Waals surface area (Å²) in [6.45, 7) is 11.9. The van der Waals surface area contributed by atoms with Crippen molar-refractivity contribution in [3.63, 3.8) is 0 Å². The van der Waals surface area contributed by atoms with E-state index in [0.717, 1.165) is 44.6 Å². The van der Waals surface area contributed by atoms with Gasteiger partial charge in [0.25, 0.3) is 0 Å². The van der Waals surface area contributed by atoms with Gasteiger partial charge in [-0.1, -0.05) is 29.8 Å². The second kappa shape index (κ2) is 6.41. The molecule has 0 saturated carbocycles. The summed E-state index contributed by atoms with van der Waals surface area (Å²) >= 11 is 0. The highest BCUT2D eigenvalue weighted by Crippen LogP contribution is 2.35. The first kappa shape index (κ1) is 17.0. The number of benzene rings is 2. The molecule has 2 aromatic rings. The normalized spacial score (nSPS) is 11.7. The summed E-state index contributed by atoms with van der Waals surface area (Å²) in [5.41, 5.74) is 15.9. The number of anilines is 1. The number of hydrogen-bond donors (Lipinski definition) is 1. The largest absolute Gasteiger partial charge is 0.398 e. The van der Waals surface area contributed by atoms with Gasteiger partial charge in [0.15, 0.2) is 5.78 Å². The fraction of sp³-hybridized carbons (Fsp3) is 0.286. The topological polar surface area (TPSA) is 43.1 Å². The van der Waals surface area contributed by atoms with Gasteiger partial charge in [0, 0.05) is 5.69 Å². The molecule has 0 bridgehead atoms. The molecule has 2 heteroatoms. The Kier molecular flexibility index (Phi) is 4.74. The van der Waals surface area contributed by atoms with E-state index in [2.05, 4.69) is 45.0 Å². The molecule has 0 atom stereocenters. The third-order valence-electron chi connectivity index (χ3n) is 4.66. The van der Waals surface area contributed by atoms with Crippen molar-refractivity contribution >= 4 is 17.0 Å². The Morgan fingerprint density at radius 2 is 1.35 bits per heavy atom. The molecule has 0 unspecified atom stereocenters. The molecule has 120 valence electrons. The van der Waals surface area contributed by atoms with E-state index in [1.165, 1.54) is 5.56 Å². The lowest BCUT2D eigenvalue weighted by molar-refractivity contribution is -0.112. The van der Waals surface area contributed by atoms with E-state index < -0.39 is 0 Å². The second-order valence-corrected chi connectivity index (χ2v) is 6.32. The summed E-state index contributed by atoms with van der Waals surface area (Å²) in [6.07, 6.45) is 1.73. The van der Waals surface area contributed by atoms with Crippen LogP contribution in [-0.2, 0) is 4.79 Å². The van der Waals surface area contributed by atoms with Crippen LogP contribution < -0.4 is 5.73 Å². The van der Waals surface area contributed by atoms with Crippen LogP contribution in [0.1, 0.15) is 45.9 Å². The number of nitrogens with two attached hydrogens (primary N) is 1. The first-order valence-electron chi connectivity index (χ1n) is 7.89. The molecule has 0 aliphatic rings. The van der Waals surface area contributed by atoms with Gasteiger partial charge in [0.1, 0.15) is 0 Å². The molecular formula is C21H25NO. The third-order valence-corrected chi connectivity index (χ3v) is 4.66. The molecule has 23 heavy (non-hydrogen) atoms. The Morgan fingerprint density at radius 3 is 1.78 bits per heavy atom. The van der Waals surface area contributed by atoms with Gasteiger partial charge in [-0.2, -0.15) is 0 Å². The fourth-order valence-electron chi connectivity index (χ4n) is 2.98. The Bertz CT molecular complexity index is 767. The number of rotatable bonds is 3. The van der Waals surface area contributed by atoms with Gasteiger partial charge < -0.3 is 5.73 Å². The lowest BCUT2D eigenvalue weighted by Crippen LogP contribution is -2.06. The highest BCUT2D eigenvalue weighted by Gasteiger charge is 2.17. The fourth-order valence-corrected chi connectivity index (χ4v) is 2.98. The quantitative estimate of drug-likeness (QED) is 0.652. The van der Waals surface area contributed by atoms with Gasteiger partial charge in [-0.15, -0.1) is 0 Å². The number of carbonyl (C=O) groups is 1. The molecule has 2 rings (SSSR count). The minimum absolute atomic E-state index is 0.0477. The van der Waals surface area contributed by atoms with Crippen molar-refractivity contribution in [3.8, 4) is 0 Å². The van der Waals surface area contributed by atoms with Gasteiger partial charge in [0.2, 0.25) is 0 Å². The Hall–Kier alpha value is -2.35. The summed E-state index contributed by atoms with van der Waals surface area (Å²) < 4.78 is 0. The van der Waals surface area contributed by atoms with E-state index in [1.807, 2.05) is 13.8 Å². The van der Waals surface area contributed by atoms with Crippen LogP contribution in [0.25, 0.3) is 5.57 Å². The van der Waals surface area contributed by atoms with E-state index >= 15 is 0 Å². The predicted octanol–water partition coefficient (Wildman–Crippen LogP) is 4.83. The average Bonchev–Trinajstić information content (AvgIpc) is 2.51. The van der Waals surface area contributed by atoms with E-state index in [4.69, 9.17) is 5.73 Å². The highest BCUT2D eigenvalue weighted by molar-refractivity contribution is 6.00. The van der Waals surface area contributed by atoms with Crippen LogP contribution in [0.15, 0.2) is 30.3 Å². The summed E-state index contributed by atoms with van der Waals surface area (Å²) in [7, 11) is 0. The number of nitrogen functional groups attached to an aromatic ring is 1. The maximum absolute atomic E-state index is 11.8. The molecule has 0 aliphatic heterocycles. The van der Waals surface area contributed by atoms with Crippen LogP contribution in [0.5, 0.6) is 0 Å². The van der Waals surface area contributed by atoms with Gasteiger partial charge >= 0.3 is 0 Å². The molecule has 2 aromatic carbocycles. The van der Waals surface area contributed by atoms with Crippen molar-refractivity contribution < 1.29 is 4.79 Å². The maximum Gasteiger partial charge on any atom is 0.153 e. The molecule has 0 fully saturated rings. The van der Waals surface area contributed by atoms with Crippen molar-refractivity contribution in [1.82, 2.24) is 0 Å². The van der Waals surface area contributed by atoms with E-state index in [9.17, 15) is 4.79 Å². The molecule has 0 aromatic heterocycles. The zero-order valence-electron chi connectivity index (χ0n) is 14.9. The summed E-state index contributed by atoms with van der Waals surface area (Å²) in [6, 6.07) is 8.30. The van der Waals surface area contributed by atoms with Crippen molar-refractivity contribution in [2.75, 3.05) is 5.73 Å². The van der Waals surface area contributed by atoms with E-state index in [0.29, 0.717) is 0 Å². The standard InChI is InChI=1S/C21H25NO/c1-12-7-9-18(10-8-12)19(11-13(2)23)20-14(3)16(5)21(22)17(6)15(20)4/h7-11H,22H2,1-6H3/b19-11-. The lowest BCUT2D eigenvalue weighted by Gasteiger charge is -2.21. The number of allylic oxidation sites excluding steroid dienone is 1. The minimum Gasteiger partial charge on any atom is -0.398 e. The summed E-state index contributed by atoms with van der Waals surface area (Å²) in [5.74, 6) is 0.0477. The van der Waals surface area contributed by atoms with Gasteiger partial charge in [0.05, 0.1) is 0 Å². The predicted molar refractivity (Wildman–Crippen MR) is 98.7 cm³/mol. The minimum atomic E-state index is 0.0477. The second-order valence-electron chi connectivity index (χ2n) is 6.32. The third kappa shape index (κ3) is 3.21. The molecule has 0 aliphatic carbocycles. The number of ketones is 1. The molecule has 2 nitrogen and oxygen atoms in total. The summed E-state index contributed by atoms with van der Waals surface area (Å²) in [4.78, 5) is 11.8. The first-order valence-corrected chi connectivity index (χ1v) is 7.89. The molecule has 0 radical (unpaired) electrons. The van der Waals surface area contributed by atoms with Gasteiger partial charge in [-0.3, -0.25) is 4.79 Å². The SMILES string of the molecule is CC(=O)/C=C(/c1ccc(C)cc1)c1c(C)c(C)c(N)c(C)c1C. The number of carbonyl (C=O) groups excluding carboxylic acids is 1. The smallest absolute Gasteiger partial charge is 0.153 e. The zero-order valence-corrected chi connectivity index (χ0v) is 14.9. The zero-order chi connectivity index (χ0) is 17.3. The first-order chi connectivity index (χ1) is 10.7. The van der Waals surface area contributed by atoms with Crippen LogP contribution in [0.4, 0.5) is 5.69 Å². The monoisotopic (exact) mass is 307 g/mol. The van der Waals surface area contributed by atoms with Gasteiger partial charge in [-0.25, -0.2) is 0 Å². The molecule has 0 heterocycles. The number of hydrogen-bond acceptors (Lipinski definition) is 2. The van der Waals surface area contributed by atoms with Crippen molar-refractivity contribution in [2.45, 2.75) is 41.5 Å². The van der Waals surface area contributed by atoms with Crippen LogP contribution in [0.3, 0.4) is 0 Å². The molecule has 0 amide bonds. The molecule has 0 spiro atoms. The van der Waals surface area contributed by atoms with Crippen molar-refractivity contribution in [2.24, 2.45) is 0 Å². The Labute approximate surface area is 139 Å². The molecule has 0 saturated heterocycles. The Balaban J connectivity index is 2.82. The van der Waals surface area contributed by atoms with Crippen LogP contribution in [0.2, 0.25) is 0 Å². The van der Waals surface area contributed by atoms with Crippen LogP contribution >= 0.6 is 0 Å². The Morgan fingerprint density at radius 1 is 0.870 bits per heavy atom. The van der Waals surface area contributed by atoms with Crippen molar-refractivity contribution in [1.29, 1.82) is 0 Å². The highest BCUT2D eigenvalue weighted by atomic mass is 16.1. The maximum atomic E-state index is 11.8. The van der Waals surface area contributed by atoms with Crippen LogP contribution in [-0.4, -0.2) is 5.78 Å². The van der Waals surface area contributed by atoms with E-state index in [1.54, 1.807) is 13.0 Å². The van der Waals surface area contributed by atoms with Crippen molar-refractivity contribution in [3.05, 3.63) is 69.3 Å². The molecule has 2 N–H and O–H groups in total. The van der Waals surface area contributed by atoms with Crippen LogP contribution in [0, 0.1) is 34.6 Å². The molecular weight excluding hydrogens is 282 g/mol. The number of aryl methyl sites for hydroxylation is 1. The van der Waals surface area contributed by atoms with Gasteiger partial charge in [-0.05, 0) is 86.6 Å². The lowest BCUT2D eigenvalue weighted by atomic mass is 9.85. The average molecular weight is 307 g/mol. The van der Waals surface area contributed by atoms with E-state index in [-0.39, 0.29) is 5.78 Å².